The highest BCUT2D eigenvalue weighted by Gasteiger charge is 2.33. The third-order valence-corrected chi connectivity index (χ3v) is 1.60. The standard InChI is InChI=1S/C7H11F3N3/c1-13(2,3)6-4-11-12(5-6)7(8,9)10/h4-5H,1-3H3/q+1. The van der Waals surface area contributed by atoms with E-state index in [1.807, 2.05) is 0 Å². The molecule has 0 fully saturated rings. The normalized spacial score (nSPS) is 13.4. The predicted octanol–water partition coefficient (Wildman–Crippen LogP) is 1.56. The van der Waals surface area contributed by atoms with Crippen LogP contribution in [0.1, 0.15) is 0 Å². The summed E-state index contributed by atoms with van der Waals surface area (Å²) < 4.78 is 36.6. The van der Waals surface area contributed by atoms with Crippen molar-refractivity contribution in [1.29, 1.82) is 0 Å². The van der Waals surface area contributed by atoms with Gasteiger partial charge in [0.05, 0.1) is 27.3 Å². The van der Waals surface area contributed by atoms with Crippen LogP contribution in [0.5, 0.6) is 0 Å². The fraction of sp³-hybridized carbons (Fsp3) is 0.571. The molecule has 6 heteroatoms. The molecule has 13 heavy (non-hydrogen) atoms. The summed E-state index contributed by atoms with van der Waals surface area (Å²) in [6.45, 7) is 0. The number of hydrogen-bond donors (Lipinski definition) is 0. The average Bonchev–Trinajstić information content (AvgIpc) is 2.28. The monoisotopic (exact) mass is 194 g/mol. The zero-order chi connectivity index (χ0) is 10.3. The van der Waals surface area contributed by atoms with Crippen LogP contribution in [-0.2, 0) is 6.30 Å². The number of halogens is 3. The first-order valence-corrected chi connectivity index (χ1v) is 3.65. The van der Waals surface area contributed by atoms with Crippen LogP contribution in [0.3, 0.4) is 0 Å². The molecular formula is C7H11F3N3+. The Morgan fingerprint density at radius 1 is 1.31 bits per heavy atom. The molecule has 0 unspecified atom stereocenters. The number of quaternary nitrogens is 1. The highest BCUT2D eigenvalue weighted by atomic mass is 19.4. The molecule has 1 aromatic rings. The molecular weight excluding hydrogens is 183 g/mol. The van der Waals surface area contributed by atoms with Gasteiger partial charge < -0.3 is 0 Å². The minimum absolute atomic E-state index is 0.00579. The number of aromatic nitrogens is 2. The van der Waals surface area contributed by atoms with E-state index in [0.717, 1.165) is 6.20 Å². The molecule has 0 atom stereocenters. The molecule has 1 heterocycles. The van der Waals surface area contributed by atoms with Crippen molar-refractivity contribution in [3.63, 3.8) is 0 Å². The van der Waals surface area contributed by atoms with Gasteiger partial charge in [-0.3, -0.25) is 4.48 Å². The van der Waals surface area contributed by atoms with Crippen molar-refractivity contribution in [3.05, 3.63) is 12.4 Å². The number of alkyl halides is 3. The van der Waals surface area contributed by atoms with Crippen LogP contribution < -0.4 is 4.48 Å². The van der Waals surface area contributed by atoms with Gasteiger partial charge in [-0.1, -0.05) is 0 Å². The van der Waals surface area contributed by atoms with Crippen LogP contribution in [0.15, 0.2) is 12.4 Å². The molecule has 0 amide bonds. The topological polar surface area (TPSA) is 17.8 Å². The van der Waals surface area contributed by atoms with Crippen LogP contribution in [0.4, 0.5) is 18.9 Å². The second-order valence-electron chi connectivity index (χ2n) is 3.62. The van der Waals surface area contributed by atoms with Crippen LogP contribution in [-0.4, -0.2) is 30.9 Å². The summed E-state index contributed by atoms with van der Waals surface area (Å²) in [6.07, 6.45) is -2.22. The molecule has 0 N–H and O–H groups in total. The Bertz CT molecular complexity index is 266. The Hall–Kier alpha value is -1.04. The first-order chi connectivity index (χ1) is 5.71. The largest absolute Gasteiger partial charge is 0.504 e. The average molecular weight is 194 g/mol. The lowest BCUT2D eigenvalue weighted by Crippen LogP contribution is -2.34. The molecule has 0 saturated heterocycles. The fourth-order valence-electron chi connectivity index (χ4n) is 0.798. The zero-order valence-electron chi connectivity index (χ0n) is 7.63. The first-order valence-electron chi connectivity index (χ1n) is 3.65. The van der Waals surface area contributed by atoms with E-state index in [0.29, 0.717) is 10.2 Å². The van der Waals surface area contributed by atoms with Gasteiger partial charge in [-0.15, -0.1) is 13.2 Å². The van der Waals surface area contributed by atoms with Gasteiger partial charge in [0.1, 0.15) is 6.20 Å². The van der Waals surface area contributed by atoms with Crippen molar-refractivity contribution >= 4 is 5.69 Å². The van der Waals surface area contributed by atoms with Crippen molar-refractivity contribution in [1.82, 2.24) is 14.3 Å². The van der Waals surface area contributed by atoms with Crippen molar-refractivity contribution in [3.8, 4) is 0 Å². The maximum absolute atomic E-state index is 12.1. The van der Waals surface area contributed by atoms with E-state index < -0.39 is 6.30 Å². The van der Waals surface area contributed by atoms with Gasteiger partial charge in [-0.25, -0.2) is 0 Å². The first kappa shape index (κ1) is 10.0. The fourth-order valence-corrected chi connectivity index (χ4v) is 0.798. The Morgan fingerprint density at radius 3 is 2.08 bits per heavy atom. The Balaban J connectivity index is 3.01. The van der Waals surface area contributed by atoms with Gasteiger partial charge >= 0.3 is 6.30 Å². The third-order valence-electron chi connectivity index (χ3n) is 1.60. The van der Waals surface area contributed by atoms with Crippen LogP contribution in [0, 0.1) is 0 Å². The molecule has 1 rings (SSSR count). The van der Waals surface area contributed by atoms with Crippen LogP contribution >= 0.6 is 0 Å². The maximum atomic E-state index is 12.1. The second kappa shape index (κ2) is 2.73. The van der Waals surface area contributed by atoms with E-state index in [1.165, 1.54) is 6.20 Å². The van der Waals surface area contributed by atoms with Gasteiger partial charge in [-0.05, 0) is 0 Å². The predicted molar refractivity (Wildman–Crippen MR) is 43.1 cm³/mol. The van der Waals surface area contributed by atoms with Gasteiger partial charge in [-0.2, -0.15) is 9.78 Å². The van der Waals surface area contributed by atoms with Gasteiger partial charge in [0.15, 0.2) is 5.69 Å². The van der Waals surface area contributed by atoms with Crippen LogP contribution in [0.2, 0.25) is 0 Å². The molecule has 0 aliphatic carbocycles. The summed E-state index contributed by atoms with van der Waals surface area (Å²) in [5.41, 5.74) is 0.511. The van der Waals surface area contributed by atoms with Crippen molar-refractivity contribution in [2.75, 3.05) is 21.1 Å². The summed E-state index contributed by atoms with van der Waals surface area (Å²) in [4.78, 5) is 0. The van der Waals surface area contributed by atoms with Gasteiger partial charge in [0.25, 0.3) is 0 Å². The molecule has 0 bridgehead atoms. The van der Waals surface area contributed by atoms with E-state index in [4.69, 9.17) is 0 Å². The summed E-state index contributed by atoms with van der Waals surface area (Å²) in [6, 6.07) is 0. The summed E-state index contributed by atoms with van der Waals surface area (Å²) in [5, 5.41) is 3.23. The Labute approximate surface area is 74.0 Å². The van der Waals surface area contributed by atoms with E-state index in [1.54, 1.807) is 21.1 Å². The van der Waals surface area contributed by atoms with E-state index in [-0.39, 0.29) is 4.68 Å². The molecule has 3 nitrogen and oxygen atoms in total. The third kappa shape index (κ3) is 2.21. The number of hydrogen-bond acceptors (Lipinski definition) is 1. The van der Waals surface area contributed by atoms with Crippen molar-refractivity contribution < 1.29 is 13.2 Å². The lowest BCUT2D eigenvalue weighted by molar-refractivity contribution is -0.212. The molecule has 0 spiro atoms. The Morgan fingerprint density at radius 2 is 1.85 bits per heavy atom. The SMILES string of the molecule is C[N+](C)(C)c1cnn(C(F)(F)F)c1. The number of nitrogens with zero attached hydrogens (tertiary/aromatic N) is 3. The van der Waals surface area contributed by atoms with Crippen molar-refractivity contribution in [2.45, 2.75) is 6.30 Å². The summed E-state index contributed by atoms with van der Waals surface area (Å²) in [5.74, 6) is 0. The molecule has 0 aliphatic rings. The van der Waals surface area contributed by atoms with Crippen molar-refractivity contribution in [2.24, 2.45) is 0 Å². The quantitative estimate of drug-likeness (QED) is 0.620. The van der Waals surface area contributed by atoms with E-state index >= 15 is 0 Å². The molecule has 0 saturated carbocycles. The molecule has 1 aromatic heterocycles. The molecule has 0 radical (unpaired) electrons. The summed E-state index contributed by atoms with van der Waals surface area (Å²) >= 11 is 0. The minimum Gasteiger partial charge on any atom is -0.296 e. The van der Waals surface area contributed by atoms with E-state index in [2.05, 4.69) is 5.10 Å². The smallest absolute Gasteiger partial charge is 0.296 e. The second-order valence-corrected chi connectivity index (χ2v) is 3.62. The van der Waals surface area contributed by atoms with Crippen LogP contribution in [0.25, 0.3) is 0 Å². The van der Waals surface area contributed by atoms with Gasteiger partial charge in [0.2, 0.25) is 0 Å². The zero-order valence-corrected chi connectivity index (χ0v) is 7.63. The lowest BCUT2D eigenvalue weighted by Gasteiger charge is -2.20. The Kier molecular flexibility index (Phi) is 2.11. The highest BCUT2D eigenvalue weighted by molar-refractivity contribution is 5.35. The number of rotatable bonds is 1. The molecule has 0 aromatic carbocycles. The summed E-state index contributed by atoms with van der Waals surface area (Å²) in [7, 11) is 5.33. The maximum Gasteiger partial charge on any atom is 0.504 e. The van der Waals surface area contributed by atoms with E-state index in [9.17, 15) is 13.2 Å². The molecule has 74 valence electrons. The lowest BCUT2D eigenvalue weighted by atomic mass is 10.4. The van der Waals surface area contributed by atoms with Gasteiger partial charge in [0, 0.05) is 0 Å². The minimum atomic E-state index is -4.42. The highest BCUT2D eigenvalue weighted by Crippen LogP contribution is 2.24. The molecule has 0 aliphatic heterocycles.